The topological polar surface area (TPSA) is 59.3 Å². The van der Waals surface area contributed by atoms with E-state index in [0.717, 1.165) is 0 Å². The Hall–Kier alpha value is -2.02. The molecule has 0 radical (unpaired) electrons. The van der Waals surface area contributed by atoms with Crippen LogP contribution in [0.4, 0.5) is 18.9 Å². The number of amides is 1. The predicted octanol–water partition coefficient (Wildman–Crippen LogP) is 2.99. The minimum absolute atomic E-state index is 0.0645. The molecule has 20 heavy (non-hydrogen) atoms. The Morgan fingerprint density at radius 3 is 2.60 bits per heavy atom. The molecule has 0 aliphatic heterocycles. The van der Waals surface area contributed by atoms with Crippen LogP contribution in [0.2, 0.25) is 0 Å². The molecule has 1 aromatic carbocycles. The van der Waals surface area contributed by atoms with Crippen LogP contribution in [-0.4, -0.2) is 11.8 Å². The number of benzene rings is 1. The highest BCUT2D eigenvalue weighted by molar-refractivity contribution is 6.29. The van der Waals surface area contributed by atoms with Gasteiger partial charge in [0.05, 0.1) is 5.39 Å². The van der Waals surface area contributed by atoms with Crippen LogP contribution < -0.4 is 10.7 Å². The van der Waals surface area contributed by atoms with Gasteiger partial charge in [0.25, 0.3) is 0 Å². The van der Waals surface area contributed by atoms with Crippen molar-refractivity contribution in [3.8, 4) is 0 Å². The average Bonchev–Trinajstić information content (AvgIpc) is 2.38. The van der Waals surface area contributed by atoms with Crippen molar-refractivity contribution in [2.24, 2.45) is 0 Å². The van der Waals surface area contributed by atoms with Crippen molar-refractivity contribution in [3.63, 3.8) is 0 Å². The summed E-state index contributed by atoms with van der Waals surface area (Å²) >= 11 is 5.31. The van der Waals surface area contributed by atoms with E-state index in [2.05, 4.69) is 9.73 Å². The van der Waals surface area contributed by atoms with Crippen LogP contribution in [0.25, 0.3) is 11.0 Å². The molecule has 1 aromatic heterocycles. The molecule has 0 unspecified atom stereocenters. The quantitative estimate of drug-likeness (QED) is 0.868. The second-order valence-electron chi connectivity index (χ2n) is 3.87. The Kier molecular flexibility index (Phi) is 3.71. The summed E-state index contributed by atoms with van der Waals surface area (Å²) in [6.07, 6.45) is -4.74. The molecule has 0 saturated heterocycles. The minimum Gasteiger partial charge on any atom is -0.451 e. The fraction of sp³-hybridized carbons (Fsp3) is 0.167. The fourth-order valence-electron chi connectivity index (χ4n) is 1.57. The predicted molar refractivity (Wildman–Crippen MR) is 66.8 cm³/mol. The van der Waals surface area contributed by atoms with E-state index < -0.39 is 23.3 Å². The van der Waals surface area contributed by atoms with Crippen LogP contribution in [0.3, 0.4) is 0 Å². The summed E-state index contributed by atoms with van der Waals surface area (Å²) in [5, 5.41) is 2.32. The Balaban J connectivity index is 2.52. The van der Waals surface area contributed by atoms with Crippen molar-refractivity contribution in [1.82, 2.24) is 0 Å². The summed E-state index contributed by atoms with van der Waals surface area (Å²) in [5.41, 5.74) is -0.815. The van der Waals surface area contributed by atoms with Gasteiger partial charge in [0.1, 0.15) is 11.5 Å². The van der Waals surface area contributed by atoms with Crippen LogP contribution in [0.5, 0.6) is 0 Å². The SMILES string of the molecule is O=C(CCl)Nc1ccc2oc(C(F)(F)F)cc(=O)c2c1. The van der Waals surface area contributed by atoms with Crippen molar-refractivity contribution in [2.45, 2.75) is 6.18 Å². The molecule has 4 nitrogen and oxygen atoms in total. The van der Waals surface area contributed by atoms with E-state index in [1.165, 1.54) is 18.2 Å². The van der Waals surface area contributed by atoms with E-state index in [-0.39, 0.29) is 22.5 Å². The van der Waals surface area contributed by atoms with Gasteiger partial charge in [-0.05, 0) is 18.2 Å². The van der Waals surface area contributed by atoms with Crippen LogP contribution in [0.1, 0.15) is 5.76 Å². The first-order valence-electron chi connectivity index (χ1n) is 5.32. The Labute approximate surface area is 115 Å². The van der Waals surface area contributed by atoms with E-state index in [9.17, 15) is 22.8 Å². The zero-order valence-corrected chi connectivity index (χ0v) is 10.5. The molecule has 2 aromatic rings. The summed E-state index contributed by atoms with van der Waals surface area (Å²) in [6, 6.07) is 4.09. The number of alkyl halides is 4. The van der Waals surface area contributed by atoms with Crippen LogP contribution in [0.15, 0.2) is 33.5 Å². The molecule has 1 amide bonds. The van der Waals surface area contributed by atoms with Gasteiger partial charge in [-0.15, -0.1) is 11.6 Å². The van der Waals surface area contributed by atoms with Gasteiger partial charge in [-0.2, -0.15) is 13.2 Å². The normalized spacial score (nSPS) is 11.6. The monoisotopic (exact) mass is 305 g/mol. The van der Waals surface area contributed by atoms with Gasteiger partial charge in [0, 0.05) is 11.8 Å². The number of carbonyl (C=O) groups excluding carboxylic acids is 1. The van der Waals surface area contributed by atoms with Gasteiger partial charge >= 0.3 is 6.18 Å². The molecule has 0 saturated carbocycles. The first kappa shape index (κ1) is 14.4. The Morgan fingerprint density at radius 1 is 1.30 bits per heavy atom. The summed E-state index contributed by atoms with van der Waals surface area (Å²) < 4.78 is 42.1. The summed E-state index contributed by atoms with van der Waals surface area (Å²) in [5.74, 6) is -2.14. The van der Waals surface area contributed by atoms with Crippen molar-refractivity contribution < 1.29 is 22.4 Å². The molecular formula is C12H7ClF3NO3. The molecule has 0 atom stereocenters. The van der Waals surface area contributed by atoms with Crippen LogP contribution >= 0.6 is 11.6 Å². The molecule has 1 N–H and O–H groups in total. The fourth-order valence-corrected chi connectivity index (χ4v) is 1.63. The van der Waals surface area contributed by atoms with Gasteiger partial charge in [0.15, 0.2) is 5.43 Å². The van der Waals surface area contributed by atoms with Crippen molar-refractivity contribution in [2.75, 3.05) is 11.2 Å². The Morgan fingerprint density at radius 2 is 2.00 bits per heavy atom. The van der Waals surface area contributed by atoms with Crippen molar-refractivity contribution >= 4 is 34.2 Å². The molecule has 0 fully saturated rings. The van der Waals surface area contributed by atoms with Crippen LogP contribution in [-0.2, 0) is 11.0 Å². The number of carbonyl (C=O) groups is 1. The second kappa shape index (κ2) is 5.16. The standard InChI is InChI=1S/C12H7ClF3NO3/c13-5-11(19)17-6-1-2-9-7(3-6)8(18)4-10(20-9)12(14,15)16/h1-4H,5H2,(H,17,19). The number of anilines is 1. The number of nitrogens with one attached hydrogen (secondary N) is 1. The highest BCUT2D eigenvalue weighted by Gasteiger charge is 2.34. The van der Waals surface area contributed by atoms with Gasteiger partial charge in [-0.1, -0.05) is 0 Å². The molecule has 106 valence electrons. The number of halogens is 4. The smallest absolute Gasteiger partial charge is 0.449 e. The van der Waals surface area contributed by atoms with Crippen molar-refractivity contribution in [1.29, 1.82) is 0 Å². The molecule has 0 aliphatic carbocycles. The summed E-state index contributed by atoms with van der Waals surface area (Å²) in [6.45, 7) is 0. The van der Waals surface area contributed by atoms with E-state index in [4.69, 9.17) is 11.6 Å². The maximum absolute atomic E-state index is 12.5. The lowest BCUT2D eigenvalue weighted by Crippen LogP contribution is -2.14. The Bertz CT molecular complexity index is 724. The molecule has 0 spiro atoms. The number of fused-ring (bicyclic) bond motifs is 1. The summed E-state index contributed by atoms with van der Waals surface area (Å²) in [7, 11) is 0. The van der Waals surface area contributed by atoms with Gasteiger partial charge in [0.2, 0.25) is 11.7 Å². The largest absolute Gasteiger partial charge is 0.451 e. The third-order valence-corrected chi connectivity index (χ3v) is 2.65. The summed E-state index contributed by atoms with van der Waals surface area (Å²) in [4.78, 5) is 22.7. The van der Waals surface area contributed by atoms with Gasteiger partial charge in [-0.25, -0.2) is 0 Å². The lowest BCUT2D eigenvalue weighted by molar-refractivity contribution is -0.152. The van der Waals surface area contributed by atoms with Gasteiger partial charge in [-0.3, -0.25) is 9.59 Å². The maximum Gasteiger partial charge on any atom is 0.449 e. The molecule has 1 heterocycles. The minimum atomic E-state index is -4.74. The molecule has 8 heteroatoms. The third kappa shape index (κ3) is 2.93. The van der Waals surface area contributed by atoms with Crippen molar-refractivity contribution in [3.05, 3.63) is 40.2 Å². The van der Waals surface area contributed by atoms with Gasteiger partial charge < -0.3 is 9.73 Å². The highest BCUT2D eigenvalue weighted by atomic mass is 35.5. The molecular weight excluding hydrogens is 299 g/mol. The first-order chi connectivity index (χ1) is 9.31. The zero-order chi connectivity index (χ0) is 14.9. The lowest BCUT2D eigenvalue weighted by Gasteiger charge is -2.07. The maximum atomic E-state index is 12.5. The molecule has 0 aliphatic rings. The van der Waals surface area contributed by atoms with E-state index in [1.54, 1.807) is 0 Å². The number of hydrogen-bond donors (Lipinski definition) is 1. The van der Waals surface area contributed by atoms with Crippen LogP contribution in [0, 0.1) is 0 Å². The molecule has 0 bridgehead atoms. The first-order valence-corrected chi connectivity index (χ1v) is 5.85. The average molecular weight is 306 g/mol. The lowest BCUT2D eigenvalue weighted by atomic mass is 10.2. The van der Waals surface area contributed by atoms with E-state index in [0.29, 0.717) is 6.07 Å². The highest BCUT2D eigenvalue weighted by Crippen LogP contribution is 2.30. The number of hydrogen-bond acceptors (Lipinski definition) is 3. The molecule has 2 rings (SSSR count). The van der Waals surface area contributed by atoms with E-state index >= 15 is 0 Å². The van der Waals surface area contributed by atoms with E-state index in [1.807, 2.05) is 0 Å². The third-order valence-electron chi connectivity index (χ3n) is 2.41. The number of rotatable bonds is 2. The second-order valence-corrected chi connectivity index (χ2v) is 4.13. The zero-order valence-electron chi connectivity index (χ0n) is 9.75.